The molecular formula is C29H41N3O4S. The Morgan fingerprint density at radius 2 is 1.73 bits per heavy atom. The molecule has 7 nitrogen and oxygen atoms in total. The third-order valence-electron chi connectivity index (χ3n) is 7.01. The number of aryl methyl sites for hydroxylation is 1. The van der Waals surface area contributed by atoms with Crippen LogP contribution in [0.4, 0.5) is 5.69 Å². The van der Waals surface area contributed by atoms with Gasteiger partial charge in [0.2, 0.25) is 21.8 Å². The van der Waals surface area contributed by atoms with E-state index in [2.05, 4.69) is 5.32 Å². The Bertz CT molecular complexity index is 1130. The third kappa shape index (κ3) is 8.59. The topological polar surface area (TPSA) is 86.8 Å². The molecule has 0 spiro atoms. The molecule has 1 aliphatic rings. The van der Waals surface area contributed by atoms with E-state index in [4.69, 9.17) is 0 Å². The summed E-state index contributed by atoms with van der Waals surface area (Å²) in [4.78, 5) is 28.4. The SMILES string of the molecule is CC[C@H](C(=O)NC1CCCC1)N(CCc1ccccc1)C(=O)CCCN(c1cccc(C)c1)S(C)(=O)=O. The summed E-state index contributed by atoms with van der Waals surface area (Å²) in [6.45, 7) is 4.49. The fourth-order valence-electron chi connectivity index (χ4n) is 5.05. The first-order chi connectivity index (χ1) is 17.7. The molecule has 1 N–H and O–H groups in total. The first-order valence-corrected chi connectivity index (χ1v) is 15.2. The monoisotopic (exact) mass is 527 g/mol. The molecule has 3 rings (SSSR count). The molecule has 202 valence electrons. The highest BCUT2D eigenvalue weighted by molar-refractivity contribution is 7.92. The largest absolute Gasteiger partial charge is 0.352 e. The van der Waals surface area contributed by atoms with Gasteiger partial charge in [-0.15, -0.1) is 0 Å². The van der Waals surface area contributed by atoms with Crippen LogP contribution in [0.2, 0.25) is 0 Å². The second-order valence-corrected chi connectivity index (χ2v) is 11.9. The molecule has 0 radical (unpaired) electrons. The molecule has 2 aromatic carbocycles. The summed E-state index contributed by atoms with van der Waals surface area (Å²) in [7, 11) is -3.50. The number of carbonyl (C=O) groups excluding carboxylic acids is 2. The van der Waals surface area contributed by atoms with E-state index in [0.29, 0.717) is 31.5 Å². The number of nitrogens with one attached hydrogen (secondary N) is 1. The van der Waals surface area contributed by atoms with Gasteiger partial charge >= 0.3 is 0 Å². The van der Waals surface area contributed by atoms with E-state index < -0.39 is 16.1 Å². The van der Waals surface area contributed by atoms with Crippen LogP contribution in [-0.4, -0.2) is 56.6 Å². The van der Waals surface area contributed by atoms with Crippen molar-refractivity contribution in [2.24, 2.45) is 0 Å². The van der Waals surface area contributed by atoms with Crippen LogP contribution in [0.1, 0.15) is 63.0 Å². The van der Waals surface area contributed by atoms with Crippen molar-refractivity contribution in [2.45, 2.75) is 77.3 Å². The minimum Gasteiger partial charge on any atom is -0.352 e. The Balaban J connectivity index is 1.71. The number of benzene rings is 2. The molecule has 2 amide bonds. The molecule has 1 atom stereocenters. The van der Waals surface area contributed by atoms with Gasteiger partial charge in [-0.3, -0.25) is 13.9 Å². The predicted molar refractivity (Wildman–Crippen MR) is 149 cm³/mol. The molecule has 0 saturated heterocycles. The lowest BCUT2D eigenvalue weighted by Crippen LogP contribution is -2.52. The number of rotatable bonds is 13. The van der Waals surface area contributed by atoms with Gasteiger partial charge in [0.15, 0.2) is 0 Å². The molecule has 0 aliphatic heterocycles. The summed E-state index contributed by atoms with van der Waals surface area (Å²) in [5, 5.41) is 3.16. The molecule has 1 aliphatic carbocycles. The molecule has 0 aromatic heterocycles. The van der Waals surface area contributed by atoms with E-state index in [0.717, 1.165) is 36.8 Å². The van der Waals surface area contributed by atoms with E-state index in [1.807, 2.05) is 62.4 Å². The second-order valence-electron chi connectivity index (χ2n) is 10.0. The standard InChI is InChI=1S/C29H41N3O4S/c1-4-27(29(34)30-25-15-8-9-16-25)31(21-19-24-13-6-5-7-14-24)28(33)18-11-20-32(37(3,35)36)26-17-10-12-23(2)22-26/h5-7,10,12-14,17,22,25,27H,4,8-9,11,15-16,18-21H2,1-3H3,(H,30,34)/t27-/m1/s1. The zero-order chi connectivity index (χ0) is 26.8. The Morgan fingerprint density at radius 3 is 2.35 bits per heavy atom. The quantitative estimate of drug-likeness (QED) is 0.417. The third-order valence-corrected chi connectivity index (χ3v) is 8.21. The molecule has 1 saturated carbocycles. The first-order valence-electron chi connectivity index (χ1n) is 13.4. The Hall–Kier alpha value is -2.87. The normalized spacial score (nSPS) is 14.8. The molecule has 1 fully saturated rings. The molecule has 37 heavy (non-hydrogen) atoms. The molecular weight excluding hydrogens is 486 g/mol. The van der Waals surface area contributed by atoms with Crippen LogP contribution in [0.15, 0.2) is 54.6 Å². The van der Waals surface area contributed by atoms with E-state index >= 15 is 0 Å². The Kier molecular flexibility index (Phi) is 10.6. The van der Waals surface area contributed by atoms with Crippen LogP contribution in [0, 0.1) is 6.92 Å². The van der Waals surface area contributed by atoms with Crippen molar-refractivity contribution in [2.75, 3.05) is 23.7 Å². The molecule has 8 heteroatoms. The van der Waals surface area contributed by atoms with Crippen LogP contribution < -0.4 is 9.62 Å². The fraction of sp³-hybridized carbons (Fsp3) is 0.517. The van der Waals surface area contributed by atoms with Crippen molar-refractivity contribution in [3.05, 3.63) is 65.7 Å². The highest BCUT2D eigenvalue weighted by atomic mass is 32.2. The van der Waals surface area contributed by atoms with E-state index in [1.165, 1.54) is 10.6 Å². The van der Waals surface area contributed by atoms with Crippen molar-refractivity contribution in [3.63, 3.8) is 0 Å². The lowest BCUT2D eigenvalue weighted by atomic mass is 10.1. The zero-order valence-electron chi connectivity index (χ0n) is 22.4. The van der Waals surface area contributed by atoms with Crippen LogP contribution in [0.25, 0.3) is 0 Å². The zero-order valence-corrected chi connectivity index (χ0v) is 23.2. The minimum atomic E-state index is -3.50. The number of amides is 2. The Labute approximate surface area is 222 Å². The second kappa shape index (κ2) is 13.6. The van der Waals surface area contributed by atoms with Crippen molar-refractivity contribution in [1.82, 2.24) is 10.2 Å². The smallest absolute Gasteiger partial charge is 0.243 e. The maximum Gasteiger partial charge on any atom is 0.243 e. The summed E-state index contributed by atoms with van der Waals surface area (Å²) in [6, 6.07) is 16.9. The number of carbonyl (C=O) groups is 2. The van der Waals surface area contributed by atoms with Gasteiger partial charge < -0.3 is 10.2 Å². The van der Waals surface area contributed by atoms with Crippen LogP contribution in [0.5, 0.6) is 0 Å². The van der Waals surface area contributed by atoms with Crippen molar-refractivity contribution >= 4 is 27.5 Å². The lowest BCUT2D eigenvalue weighted by molar-refractivity contribution is -0.141. The first kappa shape index (κ1) is 28.7. The van der Waals surface area contributed by atoms with Gasteiger partial charge in [-0.25, -0.2) is 8.42 Å². The van der Waals surface area contributed by atoms with E-state index in [9.17, 15) is 18.0 Å². The fourth-order valence-corrected chi connectivity index (χ4v) is 6.01. The van der Waals surface area contributed by atoms with Crippen LogP contribution in [-0.2, 0) is 26.0 Å². The van der Waals surface area contributed by atoms with Gasteiger partial charge in [-0.1, -0.05) is 62.2 Å². The minimum absolute atomic E-state index is 0.0895. The molecule has 0 heterocycles. The number of hydrogen-bond donors (Lipinski definition) is 1. The van der Waals surface area contributed by atoms with Gasteiger partial charge in [-0.05, 0) is 62.3 Å². The summed E-state index contributed by atoms with van der Waals surface area (Å²) >= 11 is 0. The van der Waals surface area contributed by atoms with Crippen molar-refractivity contribution in [3.8, 4) is 0 Å². The van der Waals surface area contributed by atoms with Crippen molar-refractivity contribution in [1.29, 1.82) is 0 Å². The number of anilines is 1. The lowest BCUT2D eigenvalue weighted by Gasteiger charge is -2.32. The highest BCUT2D eigenvalue weighted by Crippen LogP contribution is 2.21. The number of hydrogen-bond acceptors (Lipinski definition) is 4. The number of nitrogens with zero attached hydrogens (tertiary/aromatic N) is 2. The maximum atomic E-state index is 13.5. The Morgan fingerprint density at radius 1 is 1.03 bits per heavy atom. The summed E-state index contributed by atoms with van der Waals surface area (Å²) in [6.07, 6.45) is 7.11. The molecule has 2 aromatic rings. The van der Waals surface area contributed by atoms with Gasteiger partial charge in [-0.2, -0.15) is 0 Å². The molecule has 0 unspecified atom stereocenters. The summed E-state index contributed by atoms with van der Waals surface area (Å²) in [5.74, 6) is -0.213. The van der Waals surface area contributed by atoms with Gasteiger partial charge in [0.25, 0.3) is 0 Å². The highest BCUT2D eigenvalue weighted by Gasteiger charge is 2.30. The van der Waals surface area contributed by atoms with Crippen LogP contribution in [0.3, 0.4) is 0 Å². The summed E-state index contributed by atoms with van der Waals surface area (Å²) < 4.78 is 26.3. The van der Waals surface area contributed by atoms with E-state index in [-0.39, 0.29) is 30.8 Å². The van der Waals surface area contributed by atoms with Gasteiger partial charge in [0.1, 0.15) is 6.04 Å². The van der Waals surface area contributed by atoms with Gasteiger partial charge in [0.05, 0.1) is 11.9 Å². The predicted octanol–water partition coefficient (Wildman–Crippen LogP) is 4.45. The maximum absolute atomic E-state index is 13.5. The average molecular weight is 528 g/mol. The van der Waals surface area contributed by atoms with Crippen LogP contribution >= 0.6 is 0 Å². The molecule has 0 bridgehead atoms. The number of sulfonamides is 1. The average Bonchev–Trinajstić information content (AvgIpc) is 3.37. The van der Waals surface area contributed by atoms with Crippen molar-refractivity contribution < 1.29 is 18.0 Å². The summed E-state index contributed by atoms with van der Waals surface area (Å²) in [5.41, 5.74) is 2.67. The van der Waals surface area contributed by atoms with E-state index in [1.54, 1.807) is 11.0 Å². The van der Waals surface area contributed by atoms with Gasteiger partial charge in [0, 0.05) is 25.6 Å².